The van der Waals surface area contributed by atoms with Crippen molar-refractivity contribution in [1.82, 2.24) is 0 Å². The quantitative estimate of drug-likeness (QED) is 0.436. The van der Waals surface area contributed by atoms with Crippen LogP contribution in [-0.2, 0) is 6.18 Å². The molecule has 0 radical (unpaired) electrons. The summed E-state index contributed by atoms with van der Waals surface area (Å²) in [6.07, 6.45) is 3.81. The lowest BCUT2D eigenvalue weighted by molar-refractivity contribution is -0.142. The highest BCUT2D eigenvalue weighted by Gasteiger charge is 2.38. The Bertz CT molecular complexity index is 860. The van der Waals surface area contributed by atoms with E-state index < -0.39 is 23.4 Å². The van der Waals surface area contributed by atoms with E-state index in [2.05, 4.69) is 6.92 Å². The first-order valence-electron chi connectivity index (χ1n) is 10.9. The molecule has 2 aromatic rings. The van der Waals surface area contributed by atoms with Gasteiger partial charge in [0.05, 0.1) is 0 Å². The molecule has 4 rings (SSSR count). The van der Waals surface area contributed by atoms with Gasteiger partial charge in [-0.1, -0.05) is 44.0 Å². The van der Waals surface area contributed by atoms with E-state index in [0.717, 1.165) is 36.3 Å². The van der Waals surface area contributed by atoms with E-state index in [0.29, 0.717) is 11.5 Å². The largest absolute Gasteiger partial charge is 0.422 e. The standard InChI is InChI=1S/C25H27F5/c1-2-15-3-4-20-12-19(10-9-18(20)11-15)16-5-7-17(8-6-16)21-13-22(26)24(23(27)14-21)25(28,29)30/h5-8,13-15,18-20H,2-4,9-12H2,1H3. The van der Waals surface area contributed by atoms with Crippen molar-refractivity contribution in [2.24, 2.45) is 17.8 Å². The van der Waals surface area contributed by atoms with Crippen LogP contribution in [0.15, 0.2) is 36.4 Å². The van der Waals surface area contributed by atoms with Crippen molar-refractivity contribution in [2.75, 3.05) is 0 Å². The van der Waals surface area contributed by atoms with Gasteiger partial charge in [0, 0.05) is 0 Å². The number of rotatable bonds is 3. The predicted octanol–water partition coefficient (Wildman–Crippen LogP) is 8.36. The molecule has 30 heavy (non-hydrogen) atoms. The number of benzene rings is 2. The Morgan fingerprint density at radius 1 is 0.800 bits per heavy atom. The molecular weight excluding hydrogens is 395 g/mol. The zero-order valence-electron chi connectivity index (χ0n) is 17.1. The van der Waals surface area contributed by atoms with E-state index in [1.165, 1.54) is 44.1 Å². The maximum absolute atomic E-state index is 13.9. The van der Waals surface area contributed by atoms with E-state index in [-0.39, 0.29) is 5.56 Å². The summed E-state index contributed by atoms with van der Waals surface area (Å²) in [6, 6.07) is 8.97. The van der Waals surface area contributed by atoms with Crippen LogP contribution in [-0.4, -0.2) is 0 Å². The molecule has 4 unspecified atom stereocenters. The van der Waals surface area contributed by atoms with Crippen LogP contribution in [0, 0.1) is 29.4 Å². The number of hydrogen-bond donors (Lipinski definition) is 0. The molecule has 2 saturated carbocycles. The summed E-state index contributed by atoms with van der Waals surface area (Å²) in [7, 11) is 0. The minimum Gasteiger partial charge on any atom is -0.206 e. The first-order chi connectivity index (χ1) is 14.3. The van der Waals surface area contributed by atoms with Crippen LogP contribution in [0.25, 0.3) is 11.1 Å². The Balaban J connectivity index is 1.49. The summed E-state index contributed by atoms with van der Waals surface area (Å²) in [5.74, 6) is -0.169. The summed E-state index contributed by atoms with van der Waals surface area (Å²) < 4.78 is 66.2. The molecule has 0 spiro atoms. The minimum atomic E-state index is -5.05. The van der Waals surface area contributed by atoms with E-state index in [9.17, 15) is 22.0 Å². The van der Waals surface area contributed by atoms with Crippen molar-refractivity contribution in [3.63, 3.8) is 0 Å². The van der Waals surface area contributed by atoms with Gasteiger partial charge in [-0.3, -0.25) is 0 Å². The van der Waals surface area contributed by atoms with E-state index in [1.54, 1.807) is 12.1 Å². The van der Waals surface area contributed by atoms with Crippen molar-refractivity contribution >= 4 is 0 Å². The van der Waals surface area contributed by atoms with Gasteiger partial charge in [-0.2, -0.15) is 13.2 Å². The second-order valence-electron chi connectivity index (χ2n) is 9.05. The van der Waals surface area contributed by atoms with Crippen LogP contribution in [0.2, 0.25) is 0 Å². The molecule has 162 valence electrons. The summed E-state index contributed by atoms with van der Waals surface area (Å²) in [5.41, 5.74) is 0.00801. The van der Waals surface area contributed by atoms with Gasteiger partial charge in [-0.05, 0) is 84.6 Å². The third-order valence-corrected chi connectivity index (χ3v) is 7.34. The molecule has 4 atom stereocenters. The number of halogens is 5. The van der Waals surface area contributed by atoms with Crippen LogP contribution in [0.4, 0.5) is 22.0 Å². The SMILES string of the molecule is CCC1CCC2CC(c3ccc(-c4cc(F)c(C(F)(F)F)c(F)c4)cc3)CCC2C1. The molecule has 0 heterocycles. The van der Waals surface area contributed by atoms with Crippen molar-refractivity contribution in [3.8, 4) is 11.1 Å². The molecular formula is C25H27F5. The fraction of sp³-hybridized carbons (Fsp3) is 0.520. The van der Waals surface area contributed by atoms with Gasteiger partial charge in [-0.15, -0.1) is 0 Å². The molecule has 2 aromatic carbocycles. The van der Waals surface area contributed by atoms with Gasteiger partial charge in [0.15, 0.2) is 0 Å². The number of alkyl halides is 3. The topological polar surface area (TPSA) is 0 Å². The van der Waals surface area contributed by atoms with Crippen LogP contribution >= 0.6 is 0 Å². The van der Waals surface area contributed by atoms with Crippen molar-refractivity contribution < 1.29 is 22.0 Å². The Morgan fingerprint density at radius 3 is 2.00 bits per heavy atom. The highest BCUT2D eigenvalue weighted by molar-refractivity contribution is 5.64. The fourth-order valence-electron chi connectivity index (χ4n) is 5.62. The third kappa shape index (κ3) is 4.26. The first kappa shape index (κ1) is 21.3. The second-order valence-corrected chi connectivity index (χ2v) is 9.05. The molecule has 0 N–H and O–H groups in total. The molecule has 0 bridgehead atoms. The minimum absolute atomic E-state index is 0.117. The lowest BCUT2D eigenvalue weighted by Crippen LogP contribution is -2.30. The smallest absolute Gasteiger partial charge is 0.206 e. The van der Waals surface area contributed by atoms with E-state index >= 15 is 0 Å². The van der Waals surface area contributed by atoms with E-state index in [1.807, 2.05) is 12.1 Å². The average molecular weight is 422 g/mol. The lowest BCUT2D eigenvalue weighted by atomic mass is 9.63. The van der Waals surface area contributed by atoms with Crippen molar-refractivity contribution in [1.29, 1.82) is 0 Å². The molecule has 2 aliphatic carbocycles. The average Bonchev–Trinajstić information content (AvgIpc) is 2.71. The summed E-state index contributed by atoms with van der Waals surface area (Å²) in [5, 5.41) is 0. The summed E-state index contributed by atoms with van der Waals surface area (Å²) in [4.78, 5) is 0. The second kappa shape index (κ2) is 8.32. The Morgan fingerprint density at radius 2 is 1.40 bits per heavy atom. The zero-order chi connectivity index (χ0) is 21.5. The summed E-state index contributed by atoms with van der Waals surface area (Å²) in [6.45, 7) is 2.28. The zero-order valence-corrected chi connectivity index (χ0v) is 17.1. The van der Waals surface area contributed by atoms with Crippen LogP contribution in [0.1, 0.15) is 68.9 Å². The number of fused-ring (bicyclic) bond motifs is 1. The molecule has 0 amide bonds. The first-order valence-corrected chi connectivity index (χ1v) is 10.9. The van der Waals surface area contributed by atoms with Crippen molar-refractivity contribution in [3.05, 3.63) is 59.2 Å². The lowest BCUT2D eigenvalue weighted by Gasteiger charge is -2.42. The maximum Gasteiger partial charge on any atom is 0.422 e. The Kier molecular flexibility index (Phi) is 5.91. The van der Waals surface area contributed by atoms with Crippen LogP contribution in [0.3, 0.4) is 0 Å². The van der Waals surface area contributed by atoms with Crippen molar-refractivity contribution in [2.45, 2.75) is 64.0 Å². The monoisotopic (exact) mass is 422 g/mol. The normalized spacial score (nSPS) is 27.0. The highest BCUT2D eigenvalue weighted by Crippen LogP contribution is 2.48. The van der Waals surface area contributed by atoms with Crippen LogP contribution in [0.5, 0.6) is 0 Å². The molecule has 0 aromatic heterocycles. The number of hydrogen-bond acceptors (Lipinski definition) is 0. The fourth-order valence-corrected chi connectivity index (χ4v) is 5.62. The highest BCUT2D eigenvalue weighted by atomic mass is 19.4. The molecule has 5 heteroatoms. The molecule has 2 fully saturated rings. The predicted molar refractivity (Wildman–Crippen MR) is 108 cm³/mol. The van der Waals surface area contributed by atoms with Gasteiger partial charge in [0.25, 0.3) is 0 Å². The van der Waals surface area contributed by atoms with Gasteiger partial charge in [-0.25, -0.2) is 8.78 Å². The Labute approximate surface area is 174 Å². The van der Waals surface area contributed by atoms with E-state index in [4.69, 9.17) is 0 Å². The molecule has 2 aliphatic rings. The van der Waals surface area contributed by atoms with Gasteiger partial charge in [0.2, 0.25) is 0 Å². The maximum atomic E-state index is 13.9. The van der Waals surface area contributed by atoms with Gasteiger partial charge >= 0.3 is 6.18 Å². The molecule has 0 saturated heterocycles. The Hall–Kier alpha value is -1.91. The molecule has 0 nitrogen and oxygen atoms in total. The third-order valence-electron chi connectivity index (χ3n) is 7.34. The van der Waals surface area contributed by atoms with Gasteiger partial charge < -0.3 is 0 Å². The molecule has 0 aliphatic heterocycles. The van der Waals surface area contributed by atoms with Crippen LogP contribution < -0.4 is 0 Å². The summed E-state index contributed by atoms with van der Waals surface area (Å²) >= 11 is 0. The van der Waals surface area contributed by atoms with Gasteiger partial charge in [0.1, 0.15) is 17.2 Å².